The number of rotatable bonds is 1. The monoisotopic (exact) mass is 296 g/mol. The number of hydrogen-bond donors (Lipinski definition) is 0. The third-order valence-electron chi connectivity index (χ3n) is 1.17. The molecule has 0 fully saturated rings. The molecule has 1 rings (SSSR count). The summed E-state index contributed by atoms with van der Waals surface area (Å²) in [5, 5.41) is 0. The predicted octanol–water partition coefficient (Wildman–Crippen LogP) is 0.780. The Hall–Kier alpha value is -0.128. The molecule has 1 aromatic heterocycles. The second-order valence-electron chi connectivity index (χ2n) is 1.72. The second-order valence-corrected chi connectivity index (χ2v) is 1.72. The molecule has 0 saturated heterocycles. The van der Waals surface area contributed by atoms with Crippen molar-refractivity contribution in [1.29, 1.82) is 0 Å². The fourth-order valence-corrected chi connectivity index (χ4v) is 0.680. The van der Waals surface area contributed by atoms with E-state index in [1.807, 2.05) is 11.6 Å². The van der Waals surface area contributed by atoms with Crippen molar-refractivity contribution in [3.05, 3.63) is 18.2 Å². The first-order valence-corrected chi connectivity index (χ1v) is 2.73. The average Bonchev–Trinajstić information content (AvgIpc) is 2.14. The zero-order valence-electron chi connectivity index (χ0n) is 5.56. The molecule has 0 saturated carbocycles. The molecule has 0 amide bonds. The van der Waals surface area contributed by atoms with E-state index in [9.17, 15) is 0 Å². The van der Waals surface area contributed by atoms with Gasteiger partial charge < -0.3 is 9.55 Å². The minimum Gasteiger partial charge on any atom is -0.501 e. The topological polar surface area (TPSA) is 17.8 Å². The maximum Gasteiger partial charge on any atom is 0 e. The molecule has 0 bridgehead atoms. The summed E-state index contributed by atoms with van der Waals surface area (Å²) in [4.78, 5) is 4.04. The van der Waals surface area contributed by atoms with Gasteiger partial charge in [0.25, 0.3) is 0 Å². The molecular weight excluding hydrogens is 286 g/mol. The second kappa shape index (κ2) is 3.81. The average molecular weight is 295 g/mol. The molecule has 1 heterocycles. The molecule has 0 unspecified atom stereocenters. The van der Waals surface area contributed by atoms with Crippen molar-refractivity contribution in [3.8, 4) is 0 Å². The van der Waals surface area contributed by atoms with Gasteiger partial charge in [-0.15, -0.1) is 0 Å². The third-order valence-corrected chi connectivity index (χ3v) is 1.17. The van der Waals surface area contributed by atoms with Crippen LogP contribution in [0.5, 0.6) is 0 Å². The van der Waals surface area contributed by atoms with E-state index < -0.39 is 0 Å². The Balaban J connectivity index is 0.000000640. The van der Waals surface area contributed by atoms with Crippen LogP contribution in [0.25, 0.3) is 0 Å². The van der Waals surface area contributed by atoms with Gasteiger partial charge in [-0.2, -0.15) is 6.20 Å². The maximum atomic E-state index is 4.04. The van der Waals surface area contributed by atoms with Gasteiger partial charge in [-0.25, -0.2) is 0 Å². The Labute approximate surface area is 68.9 Å². The van der Waals surface area contributed by atoms with E-state index in [2.05, 4.69) is 18.1 Å². The molecule has 0 aliphatic carbocycles. The summed E-state index contributed by atoms with van der Waals surface area (Å²) < 4.78 is 1.90. The first-order valence-electron chi connectivity index (χ1n) is 2.73. The fourth-order valence-electron chi connectivity index (χ4n) is 0.680. The summed E-state index contributed by atoms with van der Waals surface area (Å²) in [6.07, 6.45) is 5.60. The smallest absolute Gasteiger partial charge is 0 e. The van der Waals surface area contributed by atoms with Crippen molar-refractivity contribution < 1.29 is 20.4 Å². The molecule has 1 aromatic rings. The summed E-state index contributed by atoms with van der Waals surface area (Å²) in [7, 11) is 1.95. The Morgan fingerprint density at radius 1 is 1.78 bits per heavy atom. The number of nitrogens with zero attached hydrogens (tertiary/aromatic N) is 2. The minimum atomic E-state index is 0. The van der Waals surface area contributed by atoms with Crippen LogP contribution in [0.4, 0.5) is 0 Å². The van der Waals surface area contributed by atoms with Crippen LogP contribution in [0.1, 0.15) is 12.7 Å². The van der Waals surface area contributed by atoms with E-state index in [0.29, 0.717) is 0 Å². The zero-order valence-corrected chi connectivity index (χ0v) is 8.27. The van der Waals surface area contributed by atoms with E-state index in [0.717, 1.165) is 12.2 Å². The standard InChI is InChI=1S/C6H9N2.Re/c1-3-6-7-4-5-8(6)2;/h4H,3H2,1-2H3;/q-1;. The Morgan fingerprint density at radius 2 is 2.44 bits per heavy atom. The minimum absolute atomic E-state index is 0. The van der Waals surface area contributed by atoms with E-state index in [1.54, 1.807) is 6.20 Å². The molecule has 0 atom stereocenters. The number of imidazole rings is 1. The SMILES string of the molecule is CCc1nc[c-]n1C.[Re]. The van der Waals surface area contributed by atoms with Gasteiger partial charge in [0, 0.05) is 20.4 Å². The molecule has 2 nitrogen and oxygen atoms in total. The number of hydrogen-bond acceptors (Lipinski definition) is 1. The van der Waals surface area contributed by atoms with Crippen molar-refractivity contribution >= 4 is 0 Å². The molecule has 0 N–H and O–H groups in total. The Morgan fingerprint density at radius 3 is 2.67 bits per heavy atom. The van der Waals surface area contributed by atoms with Crippen LogP contribution in [0.15, 0.2) is 6.20 Å². The first kappa shape index (κ1) is 8.87. The van der Waals surface area contributed by atoms with Gasteiger partial charge in [0.05, 0.1) is 0 Å². The van der Waals surface area contributed by atoms with Crippen LogP contribution in [0.2, 0.25) is 0 Å². The van der Waals surface area contributed by atoms with E-state index in [-0.39, 0.29) is 20.4 Å². The summed E-state index contributed by atoms with van der Waals surface area (Å²) >= 11 is 0. The van der Waals surface area contributed by atoms with E-state index in [4.69, 9.17) is 0 Å². The van der Waals surface area contributed by atoms with Gasteiger partial charge in [-0.05, 0) is 12.9 Å². The van der Waals surface area contributed by atoms with Crippen LogP contribution in [0, 0.1) is 6.20 Å². The molecule has 1 radical (unpaired) electrons. The summed E-state index contributed by atoms with van der Waals surface area (Å²) in [6.45, 7) is 2.08. The summed E-state index contributed by atoms with van der Waals surface area (Å²) in [5.74, 6) is 1.09. The summed E-state index contributed by atoms with van der Waals surface area (Å²) in [6, 6.07) is 0. The van der Waals surface area contributed by atoms with Gasteiger partial charge in [0.2, 0.25) is 0 Å². The molecular formula is C6H9N2Re-. The van der Waals surface area contributed by atoms with Crippen molar-refractivity contribution in [3.63, 3.8) is 0 Å². The van der Waals surface area contributed by atoms with Gasteiger partial charge in [0.1, 0.15) is 0 Å². The zero-order chi connectivity index (χ0) is 5.98. The fraction of sp³-hybridized carbons (Fsp3) is 0.500. The van der Waals surface area contributed by atoms with Crippen LogP contribution in [-0.4, -0.2) is 9.55 Å². The van der Waals surface area contributed by atoms with Crippen LogP contribution < -0.4 is 0 Å². The molecule has 0 aromatic carbocycles. The molecule has 0 spiro atoms. The molecule has 51 valence electrons. The Kier molecular flexibility index (Phi) is 3.76. The predicted molar refractivity (Wildman–Crippen MR) is 31.4 cm³/mol. The third kappa shape index (κ3) is 1.93. The first-order chi connectivity index (χ1) is 3.84. The van der Waals surface area contributed by atoms with Gasteiger partial charge in [0.15, 0.2) is 0 Å². The van der Waals surface area contributed by atoms with Crippen LogP contribution in [-0.2, 0) is 33.9 Å². The van der Waals surface area contributed by atoms with Gasteiger partial charge in [-0.1, -0.05) is 19.5 Å². The van der Waals surface area contributed by atoms with Gasteiger partial charge in [-0.3, -0.25) is 0 Å². The van der Waals surface area contributed by atoms with Crippen molar-refractivity contribution in [2.75, 3.05) is 0 Å². The normalized spacial score (nSPS) is 8.67. The molecule has 0 aliphatic heterocycles. The Bertz CT molecular complexity index is 171. The number of aryl methyl sites for hydroxylation is 2. The maximum absolute atomic E-state index is 4.04. The molecule has 0 aliphatic rings. The van der Waals surface area contributed by atoms with E-state index >= 15 is 0 Å². The molecule has 3 heteroatoms. The van der Waals surface area contributed by atoms with Gasteiger partial charge >= 0.3 is 0 Å². The number of aromatic nitrogens is 2. The largest absolute Gasteiger partial charge is 0.501 e. The quantitative estimate of drug-likeness (QED) is 0.700. The van der Waals surface area contributed by atoms with Crippen molar-refractivity contribution in [2.24, 2.45) is 7.05 Å². The van der Waals surface area contributed by atoms with Crippen molar-refractivity contribution in [1.82, 2.24) is 9.55 Å². The van der Waals surface area contributed by atoms with Crippen LogP contribution in [0.3, 0.4) is 0 Å². The van der Waals surface area contributed by atoms with Crippen molar-refractivity contribution in [2.45, 2.75) is 13.3 Å². The van der Waals surface area contributed by atoms with Crippen LogP contribution >= 0.6 is 0 Å². The molecule has 9 heavy (non-hydrogen) atoms. The summed E-state index contributed by atoms with van der Waals surface area (Å²) in [5.41, 5.74) is 0. The van der Waals surface area contributed by atoms with E-state index in [1.165, 1.54) is 0 Å².